The van der Waals surface area contributed by atoms with Gasteiger partial charge in [-0.1, -0.05) is 6.07 Å². The third-order valence-corrected chi connectivity index (χ3v) is 4.30. The maximum Gasteiger partial charge on any atom is 0.232 e. The van der Waals surface area contributed by atoms with Crippen LogP contribution < -0.4 is 5.32 Å². The van der Waals surface area contributed by atoms with E-state index in [2.05, 4.69) is 20.3 Å². The highest BCUT2D eigenvalue weighted by molar-refractivity contribution is 5.91. The van der Waals surface area contributed by atoms with E-state index in [9.17, 15) is 4.79 Å². The molecule has 0 unspecified atom stereocenters. The molecule has 0 spiro atoms. The Morgan fingerprint density at radius 3 is 3.00 bits per heavy atom. The topological polar surface area (TPSA) is 79.9 Å². The van der Waals surface area contributed by atoms with Crippen molar-refractivity contribution in [1.82, 2.24) is 15.0 Å². The summed E-state index contributed by atoms with van der Waals surface area (Å²) in [4.78, 5) is 24.1. The zero-order chi connectivity index (χ0) is 14.9. The molecule has 114 valence electrons. The summed E-state index contributed by atoms with van der Waals surface area (Å²) in [6.07, 6.45) is 8.18. The highest BCUT2D eigenvalue weighted by Crippen LogP contribution is 2.39. The second-order valence-electron chi connectivity index (χ2n) is 5.92. The molecule has 1 saturated carbocycles. The Hall–Kier alpha value is -2.21. The number of hydrogen-bond donors (Lipinski definition) is 2. The molecule has 1 aliphatic heterocycles. The van der Waals surface area contributed by atoms with Gasteiger partial charge in [-0.3, -0.25) is 15.1 Å². The van der Waals surface area contributed by atoms with Gasteiger partial charge in [0.2, 0.25) is 11.9 Å². The summed E-state index contributed by atoms with van der Waals surface area (Å²) in [6.45, 7) is 0.586. The van der Waals surface area contributed by atoms with Crippen LogP contribution in [0.4, 0.5) is 5.95 Å². The lowest BCUT2D eigenvalue weighted by Crippen LogP contribution is -2.25. The summed E-state index contributed by atoms with van der Waals surface area (Å²) in [6, 6.07) is 3.81. The van der Waals surface area contributed by atoms with Crippen molar-refractivity contribution < 1.29 is 9.53 Å². The van der Waals surface area contributed by atoms with E-state index < -0.39 is 0 Å². The molecule has 2 aromatic rings. The minimum atomic E-state index is -0.230. The van der Waals surface area contributed by atoms with Gasteiger partial charge in [0, 0.05) is 30.6 Å². The van der Waals surface area contributed by atoms with Crippen LogP contribution in [0.3, 0.4) is 0 Å². The lowest BCUT2D eigenvalue weighted by atomic mass is 9.95. The van der Waals surface area contributed by atoms with Crippen molar-refractivity contribution in [2.75, 3.05) is 11.9 Å². The van der Waals surface area contributed by atoms with Crippen molar-refractivity contribution in [2.45, 2.75) is 31.3 Å². The van der Waals surface area contributed by atoms with Crippen LogP contribution in [-0.4, -0.2) is 27.5 Å². The van der Waals surface area contributed by atoms with Gasteiger partial charge in [0.1, 0.15) is 0 Å². The number of carbonyl (C=O) groups excluding carboxylic acids is 1. The molecule has 6 nitrogen and oxygen atoms in total. The smallest absolute Gasteiger partial charge is 0.232 e. The number of aromatic amines is 1. The van der Waals surface area contributed by atoms with Gasteiger partial charge in [0.15, 0.2) is 0 Å². The van der Waals surface area contributed by atoms with Crippen LogP contribution in [0.15, 0.2) is 30.7 Å². The molecule has 1 amide bonds. The van der Waals surface area contributed by atoms with Crippen LogP contribution >= 0.6 is 0 Å². The van der Waals surface area contributed by atoms with E-state index in [1.165, 1.54) is 12.8 Å². The van der Waals surface area contributed by atoms with E-state index in [0.29, 0.717) is 24.9 Å². The molecule has 0 bridgehead atoms. The molecule has 1 saturated heterocycles. The average Bonchev–Trinajstić information content (AvgIpc) is 3.10. The molecule has 4 rings (SSSR count). The van der Waals surface area contributed by atoms with E-state index in [4.69, 9.17) is 4.74 Å². The largest absolute Gasteiger partial charge is 0.373 e. The number of amides is 1. The summed E-state index contributed by atoms with van der Waals surface area (Å²) < 4.78 is 5.73. The first-order valence-corrected chi connectivity index (χ1v) is 7.68. The lowest BCUT2D eigenvalue weighted by molar-refractivity contribution is -0.121. The molecule has 2 aliphatic rings. The first kappa shape index (κ1) is 13.5. The maximum atomic E-state index is 12.5. The second kappa shape index (κ2) is 5.53. The summed E-state index contributed by atoms with van der Waals surface area (Å²) in [7, 11) is 0. The molecule has 0 radical (unpaired) electrons. The number of hydrogen-bond acceptors (Lipinski definition) is 4. The summed E-state index contributed by atoms with van der Waals surface area (Å²) in [5.74, 6) is 0.863. The minimum absolute atomic E-state index is 0.0527. The maximum absolute atomic E-state index is 12.5. The van der Waals surface area contributed by atoms with E-state index in [1.807, 2.05) is 18.3 Å². The zero-order valence-electron chi connectivity index (χ0n) is 12.2. The first-order chi connectivity index (χ1) is 10.8. The quantitative estimate of drug-likeness (QED) is 0.908. The van der Waals surface area contributed by atoms with Crippen LogP contribution in [0.2, 0.25) is 0 Å². The highest BCUT2D eigenvalue weighted by atomic mass is 16.5. The van der Waals surface area contributed by atoms with Crippen molar-refractivity contribution in [1.29, 1.82) is 0 Å². The van der Waals surface area contributed by atoms with Gasteiger partial charge in [-0.25, -0.2) is 4.98 Å². The second-order valence-corrected chi connectivity index (χ2v) is 5.92. The Morgan fingerprint density at radius 2 is 2.23 bits per heavy atom. The Balaban J connectivity index is 1.46. The fourth-order valence-corrected chi connectivity index (χ4v) is 2.94. The van der Waals surface area contributed by atoms with E-state index >= 15 is 0 Å². The first-order valence-electron chi connectivity index (χ1n) is 7.68. The number of aromatic nitrogens is 3. The molecule has 3 heterocycles. The molecule has 2 N–H and O–H groups in total. The Bertz CT molecular complexity index is 666. The van der Waals surface area contributed by atoms with Crippen molar-refractivity contribution in [3.05, 3.63) is 42.0 Å². The lowest BCUT2D eigenvalue weighted by Gasteiger charge is -2.17. The number of nitrogens with one attached hydrogen (secondary N) is 2. The minimum Gasteiger partial charge on any atom is -0.373 e. The van der Waals surface area contributed by atoms with E-state index in [-0.39, 0.29) is 17.9 Å². The van der Waals surface area contributed by atoms with E-state index in [1.54, 1.807) is 12.4 Å². The van der Waals surface area contributed by atoms with Gasteiger partial charge in [0.25, 0.3) is 0 Å². The number of ether oxygens (including phenoxy) is 1. The molecular formula is C16H18N4O2. The average molecular weight is 298 g/mol. The van der Waals surface area contributed by atoms with Crippen molar-refractivity contribution >= 4 is 11.9 Å². The molecule has 2 fully saturated rings. The Morgan fingerprint density at radius 1 is 1.32 bits per heavy atom. The fraction of sp³-hybridized carbons (Fsp3) is 0.438. The van der Waals surface area contributed by atoms with Crippen LogP contribution in [0.1, 0.15) is 42.5 Å². The summed E-state index contributed by atoms with van der Waals surface area (Å²) >= 11 is 0. The Labute approximate surface area is 128 Å². The molecule has 1 aliphatic carbocycles. The van der Waals surface area contributed by atoms with Crippen LogP contribution in [0, 0.1) is 5.92 Å². The summed E-state index contributed by atoms with van der Waals surface area (Å²) in [5, 5.41) is 2.88. The SMILES string of the molecule is O=C(Nc1ncc(C2CC2)[nH]1)[C@H]1CCO[C@@H]1c1cccnc1. The van der Waals surface area contributed by atoms with Crippen LogP contribution in [0.5, 0.6) is 0 Å². The number of rotatable bonds is 4. The molecule has 2 aromatic heterocycles. The Kier molecular flexibility index (Phi) is 3.38. The zero-order valence-corrected chi connectivity index (χ0v) is 12.2. The predicted molar refractivity (Wildman–Crippen MR) is 80.2 cm³/mol. The van der Waals surface area contributed by atoms with Crippen molar-refractivity contribution in [3.63, 3.8) is 0 Å². The number of pyridine rings is 1. The third-order valence-electron chi connectivity index (χ3n) is 4.30. The van der Waals surface area contributed by atoms with E-state index in [0.717, 1.165) is 11.3 Å². The predicted octanol–water partition coefficient (Wildman–Crippen LogP) is 2.40. The van der Waals surface area contributed by atoms with Gasteiger partial charge < -0.3 is 9.72 Å². The molecular weight excluding hydrogens is 280 g/mol. The third kappa shape index (κ3) is 2.62. The monoisotopic (exact) mass is 298 g/mol. The van der Waals surface area contributed by atoms with Gasteiger partial charge >= 0.3 is 0 Å². The number of imidazole rings is 1. The van der Waals surface area contributed by atoms with Crippen molar-refractivity contribution in [2.24, 2.45) is 5.92 Å². The number of anilines is 1. The van der Waals surface area contributed by atoms with Gasteiger partial charge in [-0.05, 0) is 30.9 Å². The number of nitrogens with zero attached hydrogens (tertiary/aromatic N) is 2. The summed E-state index contributed by atoms with van der Waals surface area (Å²) in [5.41, 5.74) is 2.06. The molecule has 0 aromatic carbocycles. The molecule has 6 heteroatoms. The van der Waals surface area contributed by atoms with Crippen molar-refractivity contribution in [3.8, 4) is 0 Å². The molecule has 22 heavy (non-hydrogen) atoms. The van der Waals surface area contributed by atoms with Gasteiger partial charge in [-0.2, -0.15) is 0 Å². The fourth-order valence-electron chi connectivity index (χ4n) is 2.94. The molecule has 2 atom stereocenters. The van der Waals surface area contributed by atoms with Gasteiger partial charge in [0.05, 0.1) is 18.2 Å². The number of H-pyrrole nitrogens is 1. The normalized spacial score (nSPS) is 24.4. The van der Waals surface area contributed by atoms with Crippen LogP contribution in [0.25, 0.3) is 0 Å². The standard InChI is InChI=1S/C16H18N4O2/c21-15(20-16-18-9-13(19-16)10-3-4-10)12-5-7-22-14(12)11-2-1-6-17-8-11/h1-2,6,8-10,12,14H,3-5,7H2,(H2,18,19,20,21)/t12-,14+/m0/s1. The van der Waals surface area contributed by atoms with Gasteiger partial charge in [-0.15, -0.1) is 0 Å². The highest BCUT2D eigenvalue weighted by Gasteiger charge is 2.36. The van der Waals surface area contributed by atoms with Crippen LogP contribution in [-0.2, 0) is 9.53 Å². The number of carbonyl (C=O) groups is 1.